The second kappa shape index (κ2) is 12.3. The number of fused-ring (bicyclic) bond motifs is 1. The summed E-state index contributed by atoms with van der Waals surface area (Å²) in [6, 6.07) is 18.8. The molecule has 0 saturated carbocycles. The predicted molar refractivity (Wildman–Crippen MR) is 144 cm³/mol. The van der Waals surface area contributed by atoms with Crippen molar-refractivity contribution in [1.29, 1.82) is 0 Å². The molecule has 10 heteroatoms. The lowest BCUT2D eigenvalue weighted by atomic mass is 10.2. The van der Waals surface area contributed by atoms with E-state index in [-0.39, 0.29) is 18.3 Å². The Labute approximate surface area is 221 Å². The van der Waals surface area contributed by atoms with Crippen LogP contribution in [0.1, 0.15) is 18.1 Å². The number of amides is 1. The summed E-state index contributed by atoms with van der Waals surface area (Å²) < 4.78 is 13.6. The van der Waals surface area contributed by atoms with E-state index >= 15 is 0 Å². The highest BCUT2D eigenvalue weighted by Gasteiger charge is 2.13. The van der Waals surface area contributed by atoms with Crippen LogP contribution in [0, 0.1) is 0 Å². The van der Waals surface area contributed by atoms with Crippen molar-refractivity contribution < 1.29 is 14.3 Å². The van der Waals surface area contributed by atoms with Gasteiger partial charge < -0.3 is 9.47 Å². The van der Waals surface area contributed by atoms with Gasteiger partial charge in [-0.1, -0.05) is 65.3 Å². The molecule has 0 radical (unpaired) electrons. The van der Waals surface area contributed by atoms with Gasteiger partial charge in [-0.25, -0.2) is 10.4 Å². The number of hydrogen-bond acceptors (Lipinski definition) is 7. The van der Waals surface area contributed by atoms with E-state index < -0.39 is 0 Å². The normalized spacial score (nSPS) is 11.2. The number of rotatable bonds is 10. The van der Waals surface area contributed by atoms with Crippen LogP contribution in [0.3, 0.4) is 0 Å². The zero-order chi connectivity index (χ0) is 24.6. The second-order valence-electron chi connectivity index (χ2n) is 7.17. The largest absolute Gasteiger partial charge is 0.490 e. The molecule has 4 rings (SSSR count). The first kappa shape index (κ1) is 25.3. The number of hydrazone groups is 1. The van der Waals surface area contributed by atoms with Gasteiger partial charge in [-0.3, -0.25) is 4.79 Å². The fraction of sp³-hybridized carbons (Fsp3) is 0.160. The van der Waals surface area contributed by atoms with Gasteiger partial charge in [0.05, 0.1) is 33.8 Å². The Balaban J connectivity index is 1.36. The first-order valence-corrected chi connectivity index (χ1v) is 13.2. The Bertz CT molecular complexity index is 1330. The summed E-state index contributed by atoms with van der Waals surface area (Å²) in [6.45, 7) is 2.55. The number of hydrogen-bond donors (Lipinski definition) is 1. The fourth-order valence-corrected chi connectivity index (χ4v) is 5.41. The number of ether oxygens (including phenoxy) is 2. The van der Waals surface area contributed by atoms with Crippen molar-refractivity contribution >= 4 is 68.6 Å². The SMILES string of the molecule is CCOc1cc(/C=N\NC(=O)CSc2nc3ccccc3s2)cc(Cl)c1OCc1ccccc1Cl. The summed E-state index contributed by atoms with van der Waals surface area (Å²) >= 11 is 15.6. The molecule has 0 saturated heterocycles. The number of thioether (sulfide) groups is 1. The van der Waals surface area contributed by atoms with Gasteiger partial charge in [-0.05, 0) is 42.8 Å². The van der Waals surface area contributed by atoms with Crippen molar-refractivity contribution in [2.75, 3.05) is 12.4 Å². The van der Waals surface area contributed by atoms with Crippen LogP contribution >= 0.6 is 46.3 Å². The van der Waals surface area contributed by atoms with E-state index in [1.807, 2.05) is 49.4 Å². The van der Waals surface area contributed by atoms with Crippen LogP contribution < -0.4 is 14.9 Å². The molecule has 1 heterocycles. The number of halogens is 2. The van der Waals surface area contributed by atoms with Crippen molar-refractivity contribution in [3.63, 3.8) is 0 Å². The van der Waals surface area contributed by atoms with Crippen LogP contribution in [0.15, 0.2) is 70.1 Å². The molecule has 0 fully saturated rings. The van der Waals surface area contributed by atoms with Gasteiger partial charge in [0.2, 0.25) is 0 Å². The lowest BCUT2D eigenvalue weighted by Crippen LogP contribution is -2.19. The summed E-state index contributed by atoms with van der Waals surface area (Å²) in [6.07, 6.45) is 1.51. The number of nitrogens with one attached hydrogen (secondary N) is 1. The lowest BCUT2D eigenvalue weighted by molar-refractivity contribution is -0.118. The van der Waals surface area contributed by atoms with Crippen LogP contribution in [0.2, 0.25) is 10.0 Å². The number of carbonyl (C=O) groups is 1. The predicted octanol–water partition coefficient (Wildman–Crippen LogP) is 6.82. The van der Waals surface area contributed by atoms with E-state index in [0.29, 0.717) is 33.7 Å². The van der Waals surface area contributed by atoms with E-state index in [1.54, 1.807) is 29.5 Å². The van der Waals surface area contributed by atoms with E-state index in [1.165, 1.54) is 18.0 Å². The minimum absolute atomic E-state index is 0.205. The summed E-state index contributed by atoms with van der Waals surface area (Å²) in [5.41, 5.74) is 4.95. The monoisotopic (exact) mass is 545 g/mol. The fourth-order valence-electron chi connectivity index (χ4n) is 3.08. The van der Waals surface area contributed by atoms with E-state index in [0.717, 1.165) is 20.1 Å². The molecule has 6 nitrogen and oxygen atoms in total. The number of aromatic nitrogens is 1. The molecule has 0 aliphatic heterocycles. The third kappa shape index (κ3) is 6.89. The van der Waals surface area contributed by atoms with Crippen LogP contribution in [-0.2, 0) is 11.4 Å². The molecule has 4 aromatic rings. The Hall–Kier alpha value is -2.78. The maximum Gasteiger partial charge on any atom is 0.250 e. The van der Waals surface area contributed by atoms with Crippen molar-refractivity contribution in [2.45, 2.75) is 17.9 Å². The summed E-state index contributed by atoms with van der Waals surface area (Å²) in [7, 11) is 0. The molecule has 0 aliphatic carbocycles. The number of benzene rings is 3. The number of nitrogens with zero attached hydrogens (tertiary/aromatic N) is 2. The minimum atomic E-state index is -0.235. The topological polar surface area (TPSA) is 72.8 Å². The van der Waals surface area contributed by atoms with Gasteiger partial charge in [0.1, 0.15) is 6.61 Å². The first-order valence-electron chi connectivity index (χ1n) is 10.7. The number of para-hydroxylation sites is 1. The molecule has 0 bridgehead atoms. The Morgan fingerprint density at radius 2 is 1.91 bits per heavy atom. The van der Waals surface area contributed by atoms with Crippen LogP contribution in [-0.4, -0.2) is 29.5 Å². The van der Waals surface area contributed by atoms with E-state index in [2.05, 4.69) is 15.5 Å². The molecular formula is C25H21Cl2N3O3S2. The third-order valence-corrected chi connectivity index (χ3v) is 7.49. The van der Waals surface area contributed by atoms with Gasteiger partial charge in [0.15, 0.2) is 15.8 Å². The van der Waals surface area contributed by atoms with E-state index in [9.17, 15) is 4.79 Å². The third-order valence-electron chi connectivity index (χ3n) is 4.67. The molecule has 0 atom stereocenters. The average Bonchev–Trinajstić information content (AvgIpc) is 3.27. The molecule has 1 aromatic heterocycles. The number of carbonyl (C=O) groups excluding carboxylic acids is 1. The molecule has 180 valence electrons. The Morgan fingerprint density at radius 3 is 2.71 bits per heavy atom. The molecule has 1 N–H and O–H groups in total. The highest BCUT2D eigenvalue weighted by Crippen LogP contribution is 2.37. The van der Waals surface area contributed by atoms with Gasteiger partial charge in [0.25, 0.3) is 5.91 Å². The Morgan fingerprint density at radius 1 is 1.11 bits per heavy atom. The first-order chi connectivity index (χ1) is 17.0. The smallest absolute Gasteiger partial charge is 0.250 e. The van der Waals surface area contributed by atoms with E-state index in [4.69, 9.17) is 32.7 Å². The van der Waals surface area contributed by atoms with Crippen molar-refractivity contribution in [2.24, 2.45) is 5.10 Å². The second-order valence-corrected chi connectivity index (χ2v) is 10.2. The average molecular weight is 547 g/mol. The molecule has 0 aliphatic rings. The highest BCUT2D eigenvalue weighted by molar-refractivity contribution is 8.01. The van der Waals surface area contributed by atoms with Gasteiger partial charge in [-0.15, -0.1) is 11.3 Å². The Kier molecular flexibility index (Phi) is 8.87. The van der Waals surface area contributed by atoms with Crippen molar-refractivity contribution in [3.8, 4) is 11.5 Å². The standard InChI is InChI=1S/C25H21Cl2N3O3S2/c1-2-32-21-12-16(11-19(27)24(21)33-14-17-7-3-4-8-18(17)26)13-28-30-23(31)15-34-25-29-20-9-5-6-10-22(20)35-25/h3-13H,2,14-15H2,1H3,(H,30,31)/b28-13-. The van der Waals surface area contributed by atoms with Crippen molar-refractivity contribution in [3.05, 3.63) is 81.8 Å². The summed E-state index contributed by atoms with van der Waals surface area (Å²) in [5.74, 6) is 0.867. The highest BCUT2D eigenvalue weighted by atomic mass is 35.5. The van der Waals surface area contributed by atoms with Crippen LogP contribution in [0.25, 0.3) is 10.2 Å². The van der Waals surface area contributed by atoms with Crippen LogP contribution in [0.4, 0.5) is 0 Å². The van der Waals surface area contributed by atoms with Crippen LogP contribution in [0.5, 0.6) is 11.5 Å². The molecule has 0 unspecified atom stereocenters. The summed E-state index contributed by atoms with van der Waals surface area (Å²) in [4.78, 5) is 16.7. The quantitative estimate of drug-likeness (QED) is 0.134. The van der Waals surface area contributed by atoms with Gasteiger partial charge >= 0.3 is 0 Å². The zero-order valence-electron chi connectivity index (χ0n) is 18.7. The zero-order valence-corrected chi connectivity index (χ0v) is 21.8. The maximum atomic E-state index is 12.2. The molecule has 3 aromatic carbocycles. The number of thiazole rings is 1. The molecule has 35 heavy (non-hydrogen) atoms. The minimum Gasteiger partial charge on any atom is -0.490 e. The summed E-state index contributed by atoms with van der Waals surface area (Å²) in [5, 5.41) is 5.02. The maximum absolute atomic E-state index is 12.2. The lowest BCUT2D eigenvalue weighted by Gasteiger charge is -2.15. The van der Waals surface area contributed by atoms with Gasteiger partial charge in [-0.2, -0.15) is 5.10 Å². The molecular weight excluding hydrogens is 525 g/mol. The van der Waals surface area contributed by atoms with Crippen molar-refractivity contribution in [1.82, 2.24) is 10.4 Å². The van der Waals surface area contributed by atoms with Gasteiger partial charge in [0, 0.05) is 10.6 Å². The molecule has 0 spiro atoms. The molecule has 1 amide bonds.